The molecule has 1 aromatic heterocycles. The zero-order chi connectivity index (χ0) is 16.3. The van der Waals surface area contributed by atoms with Crippen molar-refractivity contribution in [3.05, 3.63) is 25.2 Å². The highest BCUT2D eigenvalue weighted by molar-refractivity contribution is 14.1. The first-order valence-corrected chi connectivity index (χ1v) is 8.43. The average molecular weight is 421 g/mol. The molecule has 1 aromatic rings. The molecule has 0 fully saturated rings. The molecule has 0 saturated carbocycles. The number of unbranched alkanes of at least 4 members (excludes halogenated alkanes) is 1. The van der Waals surface area contributed by atoms with Crippen LogP contribution in [0.3, 0.4) is 0 Å². The minimum atomic E-state index is -0.610. The van der Waals surface area contributed by atoms with Gasteiger partial charge in [0.1, 0.15) is 0 Å². The summed E-state index contributed by atoms with van der Waals surface area (Å²) in [6, 6.07) is -0.230. The number of pyridine rings is 1. The van der Waals surface area contributed by atoms with Gasteiger partial charge in [-0.05, 0) is 41.9 Å². The molecule has 1 unspecified atom stereocenters. The maximum atomic E-state index is 12.5. The monoisotopic (exact) mass is 421 g/mol. The zero-order valence-corrected chi connectivity index (χ0v) is 14.9. The van der Waals surface area contributed by atoms with Crippen molar-refractivity contribution in [3.63, 3.8) is 0 Å². The Balaban J connectivity index is 2.63. The summed E-state index contributed by atoms with van der Waals surface area (Å²) < 4.78 is 12.7. The zero-order valence-electron chi connectivity index (χ0n) is 12.7. The van der Waals surface area contributed by atoms with Gasteiger partial charge < -0.3 is 19.1 Å². The molecule has 0 aliphatic carbocycles. The van der Waals surface area contributed by atoms with Crippen LogP contribution >= 0.6 is 22.6 Å². The second-order valence-electron chi connectivity index (χ2n) is 5.21. The Bertz CT molecular complexity index is 625. The van der Waals surface area contributed by atoms with Crippen LogP contribution in [0, 0.1) is 3.57 Å². The predicted octanol–water partition coefficient (Wildman–Crippen LogP) is 1.90. The first-order chi connectivity index (χ1) is 10.6. The molecule has 1 N–H and O–H groups in total. The topological polar surface area (TPSA) is 77.8 Å². The van der Waals surface area contributed by atoms with Gasteiger partial charge in [0.25, 0.3) is 0 Å². The summed E-state index contributed by atoms with van der Waals surface area (Å²) >= 11 is 1.99. The van der Waals surface area contributed by atoms with Gasteiger partial charge in [0.2, 0.25) is 5.43 Å². The highest BCUT2D eigenvalue weighted by Gasteiger charge is 2.33. The molecule has 1 aliphatic rings. The van der Waals surface area contributed by atoms with E-state index in [1.807, 2.05) is 29.5 Å². The van der Waals surface area contributed by atoms with E-state index in [2.05, 4.69) is 0 Å². The molecule has 0 bridgehead atoms. The van der Waals surface area contributed by atoms with Crippen LogP contribution in [0.15, 0.2) is 4.79 Å². The number of aliphatic hydroxyl groups is 1. The van der Waals surface area contributed by atoms with Crippen LogP contribution in [0.5, 0.6) is 5.75 Å². The van der Waals surface area contributed by atoms with Crippen LogP contribution in [-0.2, 0) is 11.2 Å². The van der Waals surface area contributed by atoms with Crippen molar-refractivity contribution in [2.45, 2.75) is 38.6 Å². The van der Waals surface area contributed by atoms with Crippen molar-refractivity contribution in [2.75, 3.05) is 20.3 Å². The Morgan fingerprint density at radius 1 is 1.50 bits per heavy atom. The molecule has 0 saturated heterocycles. The van der Waals surface area contributed by atoms with Crippen LogP contribution in [0.25, 0.3) is 0 Å². The van der Waals surface area contributed by atoms with Gasteiger partial charge in [0.05, 0.1) is 29.9 Å². The molecule has 122 valence electrons. The van der Waals surface area contributed by atoms with E-state index in [9.17, 15) is 14.7 Å². The maximum Gasteiger partial charge on any atom is 0.358 e. The molecule has 0 amide bonds. The predicted molar refractivity (Wildman–Crippen MR) is 89.6 cm³/mol. The second kappa shape index (κ2) is 7.45. The van der Waals surface area contributed by atoms with E-state index in [0.29, 0.717) is 23.0 Å². The summed E-state index contributed by atoms with van der Waals surface area (Å²) in [5.74, 6) is -0.574. The molecular weight excluding hydrogens is 401 g/mol. The van der Waals surface area contributed by atoms with Gasteiger partial charge >= 0.3 is 5.97 Å². The lowest BCUT2D eigenvalue weighted by molar-refractivity contribution is 0.0576. The number of ether oxygens (including phenoxy) is 2. The molecule has 2 heterocycles. The molecule has 0 spiro atoms. The Morgan fingerprint density at radius 3 is 2.82 bits per heavy atom. The number of hydrogen-bond acceptors (Lipinski definition) is 5. The largest absolute Gasteiger partial charge is 0.487 e. The van der Waals surface area contributed by atoms with Crippen molar-refractivity contribution >= 4 is 28.6 Å². The summed E-state index contributed by atoms with van der Waals surface area (Å²) in [6.45, 7) is 2.30. The van der Waals surface area contributed by atoms with Gasteiger partial charge in [-0.1, -0.05) is 13.3 Å². The van der Waals surface area contributed by atoms with E-state index in [1.54, 1.807) is 4.57 Å². The Labute approximate surface area is 142 Å². The van der Waals surface area contributed by atoms with Crippen LogP contribution in [0.2, 0.25) is 0 Å². The van der Waals surface area contributed by atoms with Gasteiger partial charge in [-0.3, -0.25) is 4.79 Å². The molecule has 7 heteroatoms. The molecule has 1 aliphatic heterocycles. The molecule has 22 heavy (non-hydrogen) atoms. The minimum Gasteiger partial charge on any atom is -0.487 e. The molecule has 2 rings (SSSR count). The second-order valence-corrected chi connectivity index (χ2v) is 6.28. The van der Waals surface area contributed by atoms with E-state index in [4.69, 9.17) is 9.47 Å². The van der Waals surface area contributed by atoms with Crippen molar-refractivity contribution in [3.8, 4) is 5.75 Å². The number of nitrogens with zero attached hydrogens (tertiary/aromatic N) is 1. The van der Waals surface area contributed by atoms with Crippen LogP contribution in [-0.4, -0.2) is 36.0 Å². The summed E-state index contributed by atoms with van der Waals surface area (Å²) in [5.41, 5.74) is 0.616. The van der Waals surface area contributed by atoms with E-state index in [1.165, 1.54) is 7.11 Å². The number of aromatic nitrogens is 1. The van der Waals surface area contributed by atoms with Crippen LogP contribution < -0.4 is 10.2 Å². The lowest BCUT2D eigenvalue weighted by atomic mass is 10.2. The molecular formula is C15H20INO5. The van der Waals surface area contributed by atoms with Crippen molar-refractivity contribution < 1.29 is 19.4 Å². The normalized spacial score (nSPS) is 16.5. The molecule has 1 atom stereocenters. The number of halogens is 1. The number of fused-ring (bicyclic) bond motifs is 1. The van der Waals surface area contributed by atoms with Gasteiger partial charge in [0, 0.05) is 5.69 Å². The van der Waals surface area contributed by atoms with Crippen molar-refractivity contribution in [1.29, 1.82) is 0 Å². The minimum absolute atomic E-state index is 0.0359. The van der Waals surface area contributed by atoms with E-state index < -0.39 is 5.97 Å². The summed E-state index contributed by atoms with van der Waals surface area (Å²) in [5, 5.41) is 9.56. The number of carbonyl (C=O) groups excluding carboxylic acids is 1. The number of rotatable bonds is 6. The fraction of sp³-hybridized carbons (Fsp3) is 0.600. The number of carbonyl (C=O) groups is 1. The lowest BCUT2D eigenvalue weighted by Gasteiger charge is -2.20. The van der Waals surface area contributed by atoms with E-state index in [0.717, 1.165) is 18.5 Å². The van der Waals surface area contributed by atoms with Gasteiger partial charge in [0.15, 0.2) is 11.4 Å². The summed E-state index contributed by atoms with van der Waals surface area (Å²) in [6.07, 6.45) is 3.06. The standard InChI is InChI=1S/C15H20INO5/c1-3-4-7-22-14-12(15(20)21-2)17-9(8-18)5-6-10(17)11(16)13(14)19/h9,18H,3-8H2,1-2H3. The summed E-state index contributed by atoms with van der Waals surface area (Å²) in [4.78, 5) is 24.7. The van der Waals surface area contributed by atoms with Crippen LogP contribution in [0.1, 0.15) is 48.4 Å². The first-order valence-electron chi connectivity index (χ1n) is 7.35. The smallest absolute Gasteiger partial charge is 0.358 e. The van der Waals surface area contributed by atoms with Crippen molar-refractivity contribution in [1.82, 2.24) is 4.57 Å². The highest BCUT2D eigenvalue weighted by Crippen LogP contribution is 2.33. The Hall–Kier alpha value is -1.09. The highest BCUT2D eigenvalue weighted by atomic mass is 127. The summed E-state index contributed by atoms with van der Waals surface area (Å²) in [7, 11) is 1.27. The van der Waals surface area contributed by atoms with Crippen molar-refractivity contribution in [2.24, 2.45) is 0 Å². The molecule has 6 nitrogen and oxygen atoms in total. The van der Waals surface area contributed by atoms with Gasteiger partial charge in [-0.25, -0.2) is 4.79 Å². The maximum absolute atomic E-state index is 12.5. The molecule has 0 radical (unpaired) electrons. The first kappa shape index (κ1) is 17.3. The molecule has 0 aromatic carbocycles. The third-order valence-corrected chi connectivity index (χ3v) is 4.93. The number of methoxy groups -OCH3 is 1. The SMILES string of the molecule is CCCCOc1c(C(=O)OC)n2c(c(I)c1=O)CCC2CO. The fourth-order valence-electron chi connectivity index (χ4n) is 2.67. The average Bonchev–Trinajstić information content (AvgIpc) is 2.95. The third kappa shape index (κ3) is 3.01. The quantitative estimate of drug-likeness (QED) is 0.432. The third-order valence-electron chi connectivity index (χ3n) is 3.82. The van der Waals surface area contributed by atoms with Gasteiger partial charge in [-0.15, -0.1) is 0 Å². The number of esters is 1. The van der Waals surface area contributed by atoms with Crippen LogP contribution in [0.4, 0.5) is 0 Å². The number of hydrogen-bond donors (Lipinski definition) is 1. The Morgan fingerprint density at radius 2 is 2.23 bits per heavy atom. The fourth-order valence-corrected chi connectivity index (χ4v) is 3.44. The number of aliphatic hydroxyl groups excluding tert-OH is 1. The Kier molecular flexibility index (Phi) is 5.85. The lowest BCUT2D eigenvalue weighted by Crippen LogP contribution is -2.27. The van der Waals surface area contributed by atoms with E-state index in [-0.39, 0.29) is 29.5 Å². The van der Waals surface area contributed by atoms with Gasteiger partial charge in [-0.2, -0.15) is 0 Å². The van der Waals surface area contributed by atoms with E-state index >= 15 is 0 Å².